The van der Waals surface area contributed by atoms with Crippen molar-refractivity contribution in [3.05, 3.63) is 88.0 Å². The Labute approximate surface area is 155 Å². The highest BCUT2D eigenvalue weighted by molar-refractivity contribution is 5.86. The van der Waals surface area contributed by atoms with E-state index in [-0.39, 0.29) is 5.56 Å². The maximum atomic E-state index is 12.9. The first-order chi connectivity index (χ1) is 13.1. The fourth-order valence-corrected chi connectivity index (χ4v) is 3.20. The molecule has 5 nitrogen and oxygen atoms in total. The first kappa shape index (κ1) is 16.4. The fraction of sp³-hybridized carbons (Fsp3) is 0.0455. The third-order valence-corrected chi connectivity index (χ3v) is 4.66. The molecule has 1 N–H and O–H groups in total. The minimum absolute atomic E-state index is 0.0657. The number of aryl methyl sites for hydroxylation is 1. The van der Waals surface area contributed by atoms with Gasteiger partial charge in [0.25, 0.3) is 5.56 Å². The quantitative estimate of drug-likeness (QED) is 0.592. The minimum Gasteiger partial charge on any atom is -0.367 e. The maximum Gasteiger partial charge on any atom is 0.273 e. The van der Waals surface area contributed by atoms with Crippen molar-refractivity contribution in [2.75, 3.05) is 0 Å². The Kier molecular flexibility index (Phi) is 3.84. The van der Waals surface area contributed by atoms with Crippen LogP contribution in [-0.4, -0.2) is 9.55 Å². The van der Waals surface area contributed by atoms with Gasteiger partial charge in [-0.05, 0) is 53.9 Å². The van der Waals surface area contributed by atoms with Crippen LogP contribution in [0.2, 0.25) is 0 Å². The highest BCUT2D eigenvalue weighted by atomic mass is 16.1. The summed E-state index contributed by atoms with van der Waals surface area (Å²) < 4.78 is 1.50. The smallest absolute Gasteiger partial charge is 0.273 e. The zero-order valence-corrected chi connectivity index (χ0v) is 14.5. The van der Waals surface area contributed by atoms with E-state index >= 15 is 0 Å². The molecule has 0 fully saturated rings. The second-order valence-electron chi connectivity index (χ2n) is 6.29. The van der Waals surface area contributed by atoms with E-state index in [2.05, 4.69) is 11.1 Å². The van der Waals surface area contributed by atoms with Crippen molar-refractivity contribution >= 4 is 10.9 Å². The van der Waals surface area contributed by atoms with Gasteiger partial charge in [0.05, 0.1) is 22.8 Å². The molecule has 128 valence electrons. The number of nitriles is 2. The summed E-state index contributed by atoms with van der Waals surface area (Å²) in [5.74, 6) is 0. The molecule has 0 aliphatic heterocycles. The Balaban J connectivity index is 2.09. The lowest BCUT2D eigenvalue weighted by Gasteiger charge is -2.13. The number of fused-ring (bicyclic) bond motifs is 1. The van der Waals surface area contributed by atoms with E-state index in [1.165, 1.54) is 4.57 Å². The molecule has 0 aliphatic carbocycles. The Morgan fingerprint density at radius 3 is 2.44 bits per heavy atom. The number of H-pyrrole nitrogens is 1. The second-order valence-corrected chi connectivity index (χ2v) is 6.29. The van der Waals surface area contributed by atoms with Crippen molar-refractivity contribution in [1.29, 1.82) is 10.5 Å². The van der Waals surface area contributed by atoms with Crippen LogP contribution >= 0.6 is 0 Å². The Bertz CT molecular complexity index is 1320. The standard InChI is InChI=1S/C22H14N4O/c1-14-2-5-20(9-18(14)11-23)26-21-10-15(17-6-7-25-13-17)3-4-16(21)8-19(12-24)22(26)27/h2-10,13,25H,1H3. The van der Waals surface area contributed by atoms with E-state index in [4.69, 9.17) is 0 Å². The fourth-order valence-electron chi connectivity index (χ4n) is 3.20. The van der Waals surface area contributed by atoms with E-state index in [0.29, 0.717) is 16.8 Å². The molecule has 0 saturated heterocycles. The molecule has 0 aliphatic rings. The molecule has 0 saturated carbocycles. The average molecular weight is 350 g/mol. The first-order valence-corrected chi connectivity index (χ1v) is 8.36. The van der Waals surface area contributed by atoms with Crippen LogP contribution in [0.25, 0.3) is 27.7 Å². The summed E-state index contributed by atoms with van der Waals surface area (Å²) >= 11 is 0. The third-order valence-electron chi connectivity index (χ3n) is 4.66. The van der Waals surface area contributed by atoms with Crippen molar-refractivity contribution in [2.24, 2.45) is 0 Å². The van der Waals surface area contributed by atoms with Gasteiger partial charge in [-0.15, -0.1) is 0 Å². The van der Waals surface area contributed by atoms with Crippen molar-refractivity contribution in [2.45, 2.75) is 6.92 Å². The lowest BCUT2D eigenvalue weighted by molar-refractivity contribution is 1.03. The highest BCUT2D eigenvalue weighted by Crippen LogP contribution is 2.26. The summed E-state index contributed by atoms with van der Waals surface area (Å²) in [6, 6.07) is 18.7. The van der Waals surface area contributed by atoms with Crippen molar-refractivity contribution in [3.8, 4) is 29.0 Å². The molecular formula is C22H14N4O. The van der Waals surface area contributed by atoms with Crippen LogP contribution in [0.15, 0.2) is 65.7 Å². The number of rotatable bonds is 2. The van der Waals surface area contributed by atoms with Crippen LogP contribution in [0.5, 0.6) is 0 Å². The van der Waals surface area contributed by atoms with Gasteiger partial charge < -0.3 is 4.98 Å². The lowest BCUT2D eigenvalue weighted by Crippen LogP contribution is -2.21. The van der Waals surface area contributed by atoms with Gasteiger partial charge >= 0.3 is 0 Å². The molecule has 2 aromatic carbocycles. The third kappa shape index (κ3) is 2.68. The number of benzene rings is 2. The number of nitrogens with zero attached hydrogens (tertiary/aromatic N) is 3. The van der Waals surface area contributed by atoms with Crippen LogP contribution in [0.4, 0.5) is 0 Å². The molecule has 4 rings (SSSR count). The molecule has 0 spiro atoms. The predicted molar refractivity (Wildman–Crippen MR) is 103 cm³/mol. The topological polar surface area (TPSA) is 85.4 Å². The molecule has 0 atom stereocenters. The number of aromatic amines is 1. The summed E-state index contributed by atoms with van der Waals surface area (Å²) in [5.41, 5.74) is 4.21. The molecule has 0 bridgehead atoms. The highest BCUT2D eigenvalue weighted by Gasteiger charge is 2.13. The van der Waals surface area contributed by atoms with Crippen LogP contribution in [0.3, 0.4) is 0 Å². The van der Waals surface area contributed by atoms with E-state index < -0.39 is 5.56 Å². The zero-order chi connectivity index (χ0) is 19.0. The van der Waals surface area contributed by atoms with Gasteiger partial charge in [0.2, 0.25) is 0 Å². The molecule has 0 amide bonds. The van der Waals surface area contributed by atoms with Crippen LogP contribution < -0.4 is 5.56 Å². The number of nitrogens with one attached hydrogen (secondary N) is 1. The van der Waals surface area contributed by atoms with E-state index in [1.54, 1.807) is 24.3 Å². The van der Waals surface area contributed by atoms with Gasteiger partial charge in [0, 0.05) is 17.8 Å². The van der Waals surface area contributed by atoms with E-state index in [0.717, 1.165) is 22.1 Å². The van der Waals surface area contributed by atoms with Gasteiger partial charge in [-0.25, -0.2) is 0 Å². The molecule has 5 heteroatoms. The summed E-state index contributed by atoms with van der Waals surface area (Å²) in [7, 11) is 0. The Hall–Kier alpha value is -4.09. The van der Waals surface area contributed by atoms with Gasteiger partial charge in [0.15, 0.2) is 0 Å². The van der Waals surface area contributed by atoms with E-state index in [9.17, 15) is 15.3 Å². The molecule has 4 aromatic rings. The SMILES string of the molecule is Cc1ccc(-n2c(=O)c(C#N)cc3ccc(-c4cc[nH]c4)cc32)cc1C#N. The summed E-state index contributed by atoms with van der Waals surface area (Å²) in [4.78, 5) is 16.0. The summed E-state index contributed by atoms with van der Waals surface area (Å²) in [5, 5.41) is 19.5. The van der Waals surface area contributed by atoms with Crippen LogP contribution in [0, 0.1) is 29.6 Å². The molecule has 0 radical (unpaired) electrons. The molecular weight excluding hydrogens is 336 g/mol. The maximum absolute atomic E-state index is 12.9. The van der Waals surface area contributed by atoms with Crippen molar-refractivity contribution in [3.63, 3.8) is 0 Å². The average Bonchev–Trinajstić information content (AvgIpc) is 3.22. The van der Waals surface area contributed by atoms with Gasteiger partial charge in [-0.3, -0.25) is 9.36 Å². The van der Waals surface area contributed by atoms with Crippen LogP contribution in [0.1, 0.15) is 16.7 Å². The number of pyridine rings is 1. The molecule has 2 aromatic heterocycles. The molecule has 0 unspecified atom stereocenters. The summed E-state index contributed by atoms with van der Waals surface area (Å²) in [6.07, 6.45) is 3.72. The lowest BCUT2D eigenvalue weighted by atomic mass is 10.0. The monoisotopic (exact) mass is 350 g/mol. The summed E-state index contributed by atoms with van der Waals surface area (Å²) in [6.45, 7) is 1.85. The Morgan fingerprint density at radius 2 is 1.74 bits per heavy atom. The zero-order valence-electron chi connectivity index (χ0n) is 14.5. The normalized spacial score (nSPS) is 10.5. The predicted octanol–water partition coefficient (Wildman–Crippen LogP) is 4.04. The minimum atomic E-state index is -0.399. The molecule has 2 heterocycles. The van der Waals surface area contributed by atoms with Gasteiger partial charge in [-0.1, -0.05) is 18.2 Å². The number of hydrogen-bond donors (Lipinski definition) is 1. The first-order valence-electron chi connectivity index (χ1n) is 8.36. The number of hydrogen-bond acceptors (Lipinski definition) is 3. The Morgan fingerprint density at radius 1 is 0.926 bits per heavy atom. The number of aromatic nitrogens is 2. The van der Waals surface area contributed by atoms with Crippen molar-refractivity contribution in [1.82, 2.24) is 9.55 Å². The largest absolute Gasteiger partial charge is 0.367 e. The van der Waals surface area contributed by atoms with Crippen LogP contribution in [-0.2, 0) is 0 Å². The van der Waals surface area contributed by atoms with Gasteiger partial charge in [0.1, 0.15) is 11.6 Å². The van der Waals surface area contributed by atoms with Gasteiger partial charge in [-0.2, -0.15) is 10.5 Å². The molecule has 27 heavy (non-hydrogen) atoms. The van der Waals surface area contributed by atoms with E-state index in [1.807, 2.05) is 49.7 Å². The second kappa shape index (κ2) is 6.33. The van der Waals surface area contributed by atoms with Crippen molar-refractivity contribution < 1.29 is 0 Å².